The number of carbonyl (C=O) groups excluding carboxylic acids is 2. The fourth-order valence-electron chi connectivity index (χ4n) is 0.629. The van der Waals surface area contributed by atoms with Gasteiger partial charge >= 0.3 is 0 Å². The molecule has 0 bridgehead atoms. The highest BCUT2D eigenvalue weighted by Crippen LogP contribution is 2.14. The maximum Gasteiger partial charge on any atom is 0.212 e. The van der Waals surface area contributed by atoms with Crippen LogP contribution >= 0.6 is 0 Å². The second-order valence-electron chi connectivity index (χ2n) is 1.67. The van der Waals surface area contributed by atoms with Gasteiger partial charge in [0.05, 0.1) is 0 Å². The van der Waals surface area contributed by atoms with E-state index < -0.39 is 0 Å². The molecule has 0 unspecified atom stereocenters. The highest BCUT2D eigenvalue weighted by Gasteiger charge is 2.01. The van der Waals surface area contributed by atoms with Crippen molar-refractivity contribution in [1.29, 1.82) is 0 Å². The molecule has 0 atom stereocenters. The number of anilines is 2. The molecule has 1 aromatic rings. The average molecular weight is 154 g/mol. The second-order valence-corrected chi connectivity index (χ2v) is 1.67. The molecule has 3 N–H and O–H groups in total. The Morgan fingerprint density at radius 2 is 2.09 bits per heavy atom. The fraction of sp³-hybridized carbons (Fsp3) is 0. The van der Waals surface area contributed by atoms with Crippen LogP contribution in [0.4, 0.5) is 11.5 Å². The summed E-state index contributed by atoms with van der Waals surface area (Å²) in [5.74, 6) is 0.298. The standard InChI is InChI=1S/C5H6N4O2/c10-2-6-4-1-8-9-5(4)7-3-11/h1-3H,(H,6,10)(H2,7,8,9,11). The minimum absolute atomic E-state index is 0.298. The number of rotatable bonds is 4. The zero-order valence-corrected chi connectivity index (χ0v) is 5.50. The van der Waals surface area contributed by atoms with Crippen molar-refractivity contribution in [3.05, 3.63) is 6.20 Å². The summed E-state index contributed by atoms with van der Waals surface area (Å²) in [4.78, 5) is 19.9. The largest absolute Gasteiger partial charge is 0.324 e. The van der Waals surface area contributed by atoms with Crippen LogP contribution in [-0.4, -0.2) is 23.0 Å². The van der Waals surface area contributed by atoms with Crippen LogP contribution in [0, 0.1) is 0 Å². The molecule has 0 aliphatic carbocycles. The van der Waals surface area contributed by atoms with Crippen LogP contribution in [0.25, 0.3) is 0 Å². The maximum atomic E-state index is 9.96. The molecule has 0 aliphatic rings. The SMILES string of the molecule is O=CNc1c[nH]nc1NC=O. The smallest absolute Gasteiger partial charge is 0.212 e. The number of nitrogens with one attached hydrogen (secondary N) is 3. The Kier molecular flexibility index (Phi) is 2.21. The molecule has 6 nitrogen and oxygen atoms in total. The Morgan fingerprint density at radius 1 is 1.36 bits per heavy atom. The van der Waals surface area contributed by atoms with E-state index in [9.17, 15) is 9.59 Å². The van der Waals surface area contributed by atoms with Gasteiger partial charge in [0.25, 0.3) is 0 Å². The molecule has 2 amide bonds. The lowest BCUT2D eigenvalue weighted by atomic mass is 10.5. The molecule has 0 saturated heterocycles. The van der Waals surface area contributed by atoms with Gasteiger partial charge in [0, 0.05) is 6.20 Å². The number of H-pyrrole nitrogens is 1. The van der Waals surface area contributed by atoms with Crippen molar-refractivity contribution in [3.8, 4) is 0 Å². The zero-order chi connectivity index (χ0) is 8.10. The van der Waals surface area contributed by atoms with Crippen molar-refractivity contribution < 1.29 is 9.59 Å². The highest BCUT2D eigenvalue weighted by atomic mass is 16.1. The molecule has 6 heteroatoms. The van der Waals surface area contributed by atoms with E-state index in [-0.39, 0.29) is 0 Å². The number of nitrogens with zero attached hydrogens (tertiary/aromatic N) is 1. The van der Waals surface area contributed by atoms with Crippen molar-refractivity contribution >= 4 is 24.3 Å². The Bertz CT molecular complexity index is 232. The number of aromatic amines is 1. The van der Waals surface area contributed by atoms with E-state index >= 15 is 0 Å². The normalized spacial score (nSPS) is 8.73. The van der Waals surface area contributed by atoms with E-state index in [2.05, 4.69) is 20.8 Å². The van der Waals surface area contributed by atoms with Crippen molar-refractivity contribution in [3.63, 3.8) is 0 Å². The van der Waals surface area contributed by atoms with E-state index in [0.717, 1.165) is 0 Å². The number of aromatic nitrogens is 2. The minimum atomic E-state index is 0.298. The topological polar surface area (TPSA) is 86.9 Å². The lowest BCUT2D eigenvalue weighted by Crippen LogP contribution is -1.99. The summed E-state index contributed by atoms with van der Waals surface area (Å²) in [7, 11) is 0. The summed E-state index contributed by atoms with van der Waals surface area (Å²) < 4.78 is 0. The second kappa shape index (κ2) is 3.35. The van der Waals surface area contributed by atoms with Gasteiger partial charge in [0.1, 0.15) is 5.69 Å². The molecular formula is C5H6N4O2. The van der Waals surface area contributed by atoms with E-state index in [1.54, 1.807) is 0 Å². The average Bonchev–Trinajstić information content (AvgIpc) is 2.39. The first-order valence-corrected chi connectivity index (χ1v) is 2.82. The summed E-state index contributed by atoms with van der Waals surface area (Å²) in [6.07, 6.45) is 2.44. The first kappa shape index (κ1) is 7.26. The van der Waals surface area contributed by atoms with Gasteiger partial charge in [0.2, 0.25) is 12.8 Å². The van der Waals surface area contributed by atoms with Gasteiger partial charge in [-0.3, -0.25) is 14.7 Å². The van der Waals surface area contributed by atoms with Gasteiger partial charge in [0.15, 0.2) is 5.82 Å². The van der Waals surface area contributed by atoms with Crippen molar-refractivity contribution in [1.82, 2.24) is 10.2 Å². The van der Waals surface area contributed by atoms with Crippen LogP contribution in [0.5, 0.6) is 0 Å². The lowest BCUT2D eigenvalue weighted by Gasteiger charge is -1.95. The summed E-state index contributed by atoms with van der Waals surface area (Å²) in [5, 5.41) is 10.8. The molecule has 0 aromatic carbocycles. The highest BCUT2D eigenvalue weighted by molar-refractivity contribution is 5.83. The Hall–Kier alpha value is -1.85. The summed E-state index contributed by atoms with van der Waals surface area (Å²) in [5.41, 5.74) is 0.437. The molecule has 0 spiro atoms. The van der Waals surface area contributed by atoms with Crippen molar-refractivity contribution in [2.24, 2.45) is 0 Å². The Balaban J connectivity index is 2.76. The van der Waals surface area contributed by atoms with Gasteiger partial charge < -0.3 is 10.6 Å². The predicted molar refractivity (Wildman–Crippen MR) is 38.0 cm³/mol. The van der Waals surface area contributed by atoms with Crippen LogP contribution in [0.15, 0.2) is 6.20 Å². The first-order chi connectivity index (χ1) is 5.38. The van der Waals surface area contributed by atoms with Crippen molar-refractivity contribution in [2.45, 2.75) is 0 Å². The third-order valence-corrected chi connectivity index (χ3v) is 1.05. The Morgan fingerprint density at radius 3 is 2.73 bits per heavy atom. The van der Waals surface area contributed by atoms with Gasteiger partial charge in [-0.1, -0.05) is 0 Å². The molecule has 0 radical (unpaired) electrons. The number of amides is 2. The maximum absolute atomic E-state index is 9.96. The third kappa shape index (κ3) is 1.54. The number of hydrogen-bond donors (Lipinski definition) is 3. The van der Waals surface area contributed by atoms with E-state index in [4.69, 9.17) is 0 Å². The molecule has 11 heavy (non-hydrogen) atoms. The zero-order valence-electron chi connectivity index (χ0n) is 5.50. The minimum Gasteiger partial charge on any atom is -0.324 e. The van der Waals surface area contributed by atoms with Gasteiger partial charge in [-0.05, 0) is 0 Å². The molecule has 0 saturated carbocycles. The quantitative estimate of drug-likeness (QED) is 0.513. The lowest BCUT2D eigenvalue weighted by molar-refractivity contribution is -0.106. The van der Waals surface area contributed by atoms with Gasteiger partial charge in [-0.25, -0.2) is 0 Å². The first-order valence-electron chi connectivity index (χ1n) is 2.82. The molecule has 0 aliphatic heterocycles. The monoisotopic (exact) mass is 154 g/mol. The van der Waals surface area contributed by atoms with Crippen LogP contribution in [0.1, 0.15) is 0 Å². The number of hydrogen-bond acceptors (Lipinski definition) is 3. The summed E-state index contributed by atoms with van der Waals surface area (Å²) in [6.45, 7) is 0. The molecule has 58 valence electrons. The molecule has 1 aromatic heterocycles. The van der Waals surface area contributed by atoms with E-state index in [1.165, 1.54) is 6.20 Å². The third-order valence-electron chi connectivity index (χ3n) is 1.05. The summed E-state index contributed by atoms with van der Waals surface area (Å²) in [6, 6.07) is 0. The van der Waals surface area contributed by atoms with E-state index in [0.29, 0.717) is 24.3 Å². The van der Waals surface area contributed by atoms with Crippen LogP contribution in [-0.2, 0) is 9.59 Å². The molecular weight excluding hydrogens is 148 g/mol. The number of carbonyl (C=O) groups is 2. The van der Waals surface area contributed by atoms with Gasteiger partial charge in [-0.2, -0.15) is 5.10 Å². The van der Waals surface area contributed by atoms with Crippen molar-refractivity contribution in [2.75, 3.05) is 10.6 Å². The molecule has 1 rings (SSSR count). The van der Waals surface area contributed by atoms with Crippen LogP contribution in [0.3, 0.4) is 0 Å². The molecule has 1 heterocycles. The van der Waals surface area contributed by atoms with E-state index in [1.807, 2.05) is 0 Å². The Labute approximate surface area is 62.0 Å². The summed E-state index contributed by atoms with van der Waals surface area (Å²) >= 11 is 0. The van der Waals surface area contributed by atoms with Crippen LogP contribution < -0.4 is 10.6 Å². The predicted octanol–water partition coefficient (Wildman–Crippen LogP) is -0.454. The fourth-order valence-corrected chi connectivity index (χ4v) is 0.629. The van der Waals surface area contributed by atoms with Crippen LogP contribution in [0.2, 0.25) is 0 Å². The van der Waals surface area contributed by atoms with Gasteiger partial charge in [-0.15, -0.1) is 0 Å². The molecule has 0 fully saturated rings.